The Labute approximate surface area is 148 Å². The van der Waals surface area contributed by atoms with Gasteiger partial charge in [0.15, 0.2) is 0 Å². The summed E-state index contributed by atoms with van der Waals surface area (Å²) < 4.78 is 0. The van der Waals surface area contributed by atoms with E-state index in [9.17, 15) is 14.4 Å². The van der Waals surface area contributed by atoms with Gasteiger partial charge in [0.1, 0.15) is 0 Å². The highest BCUT2D eigenvalue weighted by atomic mass is 16.2. The molecule has 3 amide bonds. The van der Waals surface area contributed by atoms with Crippen molar-refractivity contribution in [3.8, 4) is 0 Å². The minimum Gasteiger partial charge on any atom is -0.347 e. The fourth-order valence-corrected chi connectivity index (χ4v) is 3.27. The lowest BCUT2D eigenvalue weighted by Crippen LogP contribution is -2.43. The molecule has 0 bridgehead atoms. The Morgan fingerprint density at radius 2 is 1.60 bits per heavy atom. The third-order valence-electron chi connectivity index (χ3n) is 4.54. The predicted molar refractivity (Wildman–Crippen MR) is 95.6 cm³/mol. The second-order valence-corrected chi connectivity index (χ2v) is 6.54. The van der Waals surface area contributed by atoms with Crippen LogP contribution in [0.25, 0.3) is 0 Å². The van der Waals surface area contributed by atoms with Crippen molar-refractivity contribution in [3.63, 3.8) is 0 Å². The molecule has 2 rings (SSSR count). The van der Waals surface area contributed by atoms with Crippen molar-refractivity contribution in [2.24, 2.45) is 5.92 Å². The van der Waals surface area contributed by atoms with E-state index in [1.807, 2.05) is 30.3 Å². The molecule has 6 heteroatoms. The van der Waals surface area contributed by atoms with Crippen LogP contribution in [0.3, 0.4) is 0 Å². The van der Waals surface area contributed by atoms with Gasteiger partial charge in [-0.05, 0) is 24.3 Å². The number of nitrogens with one attached hydrogen (secondary N) is 3. The summed E-state index contributed by atoms with van der Waals surface area (Å²) in [6, 6.07) is 9.97. The largest absolute Gasteiger partial charge is 0.347 e. The summed E-state index contributed by atoms with van der Waals surface area (Å²) in [7, 11) is 0. The molecule has 6 nitrogen and oxygen atoms in total. The van der Waals surface area contributed by atoms with E-state index < -0.39 is 0 Å². The maximum Gasteiger partial charge on any atom is 0.239 e. The van der Waals surface area contributed by atoms with E-state index in [1.54, 1.807) is 0 Å². The minimum absolute atomic E-state index is 0.0266. The first-order chi connectivity index (χ1) is 12.1. The Balaban J connectivity index is 1.91. The summed E-state index contributed by atoms with van der Waals surface area (Å²) in [4.78, 5) is 34.7. The molecular formula is C19H27N3O3. The van der Waals surface area contributed by atoms with Crippen molar-refractivity contribution in [3.05, 3.63) is 35.9 Å². The second kappa shape index (κ2) is 9.81. The van der Waals surface area contributed by atoms with Gasteiger partial charge >= 0.3 is 0 Å². The molecule has 0 saturated heterocycles. The van der Waals surface area contributed by atoms with E-state index >= 15 is 0 Å². The normalized spacial score (nSPS) is 15.9. The molecule has 0 spiro atoms. The van der Waals surface area contributed by atoms with Crippen molar-refractivity contribution in [1.82, 2.24) is 16.0 Å². The Morgan fingerprint density at radius 1 is 0.960 bits per heavy atom. The van der Waals surface area contributed by atoms with E-state index in [-0.39, 0.29) is 36.9 Å². The lowest BCUT2D eigenvalue weighted by Gasteiger charge is -2.31. The molecule has 1 aromatic rings. The van der Waals surface area contributed by atoms with Crippen LogP contribution in [-0.4, -0.2) is 30.8 Å². The molecule has 1 saturated carbocycles. The van der Waals surface area contributed by atoms with E-state index in [1.165, 1.54) is 26.2 Å². The highest BCUT2D eigenvalue weighted by Gasteiger charge is 2.26. The van der Waals surface area contributed by atoms with Crippen LogP contribution in [0.15, 0.2) is 30.3 Å². The topological polar surface area (TPSA) is 87.3 Å². The monoisotopic (exact) mass is 345 g/mol. The molecule has 0 aromatic heterocycles. The summed E-state index contributed by atoms with van der Waals surface area (Å²) in [6.07, 6.45) is 5.85. The summed E-state index contributed by atoms with van der Waals surface area (Å²) >= 11 is 0. The first-order valence-electron chi connectivity index (χ1n) is 8.91. The van der Waals surface area contributed by atoms with Gasteiger partial charge in [-0.25, -0.2) is 0 Å². The molecular weight excluding hydrogens is 318 g/mol. The third kappa shape index (κ3) is 6.57. The summed E-state index contributed by atoms with van der Waals surface area (Å²) in [5.41, 5.74) is 1.10. The zero-order chi connectivity index (χ0) is 18.1. The van der Waals surface area contributed by atoms with Crippen molar-refractivity contribution < 1.29 is 14.4 Å². The van der Waals surface area contributed by atoms with Gasteiger partial charge < -0.3 is 16.0 Å². The molecule has 0 radical (unpaired) electrons. The molecule has 3 N–H and O–H groups in total. The van der Waals surface area contributed by atoms with Gasteiger partial charge in [0.05, 0.1) is 19.1 Å². The summed E-state index contributed by atoms with van der Waals surface area (Å²) in [5.74, 6) is -0.439. The fraction of sp³-hybridized carbons (Fsp3) is 0.526. The zero-order valence-electron chi connectivity index (χ0n) is 14.7. The van der Waals surface area contributed by atoms with Gasteiger partial charge in [-0.2, -0.15) is 0 Å². The smallest absolute Gasteiger partial charge is 0.239 e. The Kier molecular flexibility index (Phi) is 7.44. The van der Waals surface area contributed by atoms with Crippen molar-refractivity contribution in [2.45, 2.75) is 45.1 Å². The van der Waals surface area contributed by atoms with Crippen LogP contribution in [0.2, 0.25) is 0 Å². The summed E-state index contributed by atoms with van der Waals surface area (Å²) in [5, 5.41) is 8.02. The fourth-order valence-electron chi connectivity index (χ4n) is 3.27. The minimum atomic E-state index is -0.376. The van der Waals surface area contributed by atoms with E-state index in [4.69, 9.17) is 0 Å². The first-order valence-corrected chi connectivity index (χ1v) is 8.91. The van der Waals surface area contributed by atoms with E-state index in [0.717, 1.165) is 18.4 Å². The van der Waals surface area contributed by atoms with Gasteiger partial charge in [0.25, 0.3) is 0 Å². The molecule has 0 unspecified atom stereocenters. The van der Waals surface area contributed by atoms with Gasteiger partial charge in [-0.3, -0.25) is 14.4 Å². The average molecular weight is 345 g/mol. The van der Waals surface area contributed by atoms with Crippen molar-refractivity contribution >= 4 is 17.7 Å². The molecule has 1 aliphatic carbocycles. The number of amides is 3. The predicted octanol–water partition coefficient (Wildman–Crippen LogP) is 1.68. The van der Waals surface area contributed by atoms with Gasteiger partial charge in [0.2, 0.25) is 17.7 Å². The summed E-state index contributed by atoms with van der Waals surface area (Å²) in [6.45, 7) is 1.14. The quantitative estimate of drug-likeness (QED) is 0.702. The van der Waals surface area contributed by atoms with E-state index in [2.05, 4.69) is 16.0 Å². The van der Waals surface area contributed by atoms with E-state index in [0.29, 0.717) is 5.92 Å². The standard InChI is InChI=1S/C19H27N3O3/c1-14(23)20-12-17(24)21-13-18(25)22-19(15-8-4-2-5-9-15)16-10-6-3-7-11-16/h2,4-5,8-9,16,19H,3,6-7,10-13H2,1H3,(H,20,23)(H,21,24)(H,22,25)/t19-/m1/s1. The highest BCUT2D eigenvalue weighted by Crippen LogP contribution is 2.34. The highest BCUT2D eigenvalue weighted by molar-refractivity contribution is 5.87. The first kappa shape index (κ1) is 19.0. The maximum atomic E-state index is 12.3. The number of carbonyl (C=O) groups excluding carboxylic acids is 3. The average Bonchev–Trinajstić information content (AvgIpc) is 2.64. The van der Waals surface area contributed by atoms with Crippen LogP contribution in [0, 0.1) is 5.92 Å². The van der Waals surface area contributed by atoms with Crippen LogP contribution in [0.5, 0.6) is 0 Å². The number of benzene rings is 1. The number of hydrogen-bond acceptors (Lipinski definition) is 3. The number of carbonyl (C=O) groups is 3. The van der Waals surface area contributed by atoms with Gasteiger partial charge in [-0.15, -0.1) is 0 Å². The molecule has 1 fully saturated rings. The van der Waals surface area contributed by atoms with Crippen LogP contribution in [0.1, 0.15) is 50.6 Å². The molecule has 1 aromatic carbocycles. The SMILES string of the molecule is CC(=O)NCC(=O)NCC(=O)N[C@H](c1ccccc1)C1CCCCC1. The van der Waals surface area contributed by atoms with Crippen molar-refractivity contribution in [2.75, 3.05) is 13.1 Å². The zero-order valence-corrected chi connectivity index (χ0v) is 14.7. The van der Waals surface area contributed by atoms with Crippen LogP contribution >= 0.6 is 0 Å². The maximum absolute atomic E-state index is 12.3. The third-order valence-corrected chi connectivity index (χ3v) is 4.54. The lowest BCUT2D eigenvalue weighted by atomic mass is 9.81. The molecule has 136 valence electrons. The molecule has 25 heavy (non-hydrogen) atoms. The molecule has 1 aliphatic rings. The lowest BCUT2D eigenvalue weighted by molar-refractivity contribution is -0.127. The Morgan fingerprint density at radius 3 is 2.24 bits per heavy atom. The number of rotatable bonds is 7. The van der Waals surface area contributed by atoms with Crippen LogP contribution in [0.4, 0.5) is 0 Å². The molecule has 1 atom stereocenters. The second-order valence-electron chi connectivity index (χ2n) is 6.54. The molecule has 0 aliphatic heterocycles. The Bertz CT molecular complexity index is 583. The Hall–Kier alpha value is -2.37. The van der Waals surface area contributed by atoms with Crippen LogP contribution < -0.4 is 16.0 Å². The van der Waals surface area contributed by atoms with Gasteiger partial charge in [-0.1, -0.05) is 49.6 Å². The molecule has 0 heterocycles. The number of hydrogen-bond donors (Lipinski definition) is 3. The van der Waals surface area contributed by atoms with Gasteiger partial charge in [0, 0.05) is 6.92 Å². The van der Waals surface area contributed by atoms with Crippen LogP contribution in [-0.2, 0) is 14.4 Å². The van der Waals surface area contributed by atoms with Crippen molar-refractivity contribution in [1.29, 1.82) is 0 Å².